The molecule has 0 aliphatic rings. The maximum absolute atomic E-state index is 12.0. The monoisotopic (exact) mass is 358 g/mol. The highest BCUT2D eigenvalue weighted by atomic mass is 16.5. The molecule has 0 saturated heterocycles. The first-order chi connectivity index (χ1) is 12.6. The molecule has 8 nitrogen and oxygen atoms in total. The topological polar surface area (TPSA) is 100 Å². The predicted octanol–water partition coefficient (Wildman–Crippen LogP) is 2.85. The molecule has 1 aromatic carbocycles. The van der Waals surface area contributed by atoms with E-state index in [4.69, 9.17) is 4.74 Å². The van der Waals surface area contributed by atoms with Crippen LogP contribution in [0, 0.1) is 6.92 Å². The van der Waals surface area contributed by atoms with Crippen molar-refractivity contribution < 1.29 is 9.53 Å². The van der Waals surface area contributed by atoms with E-state index in [1.807, 2.05) is 45.0 Å². The fourth-order valence-corrected chi connectivity index (χ4v) is 2.29. The quantitative estimate of drug-likeness (QED) is 0.514. The minimum Gasteiger partial charge on any atom is -0.492 e. The number of rotatable bonds is 9. The summed E-state index contributed by atoms with van der Waals surface area (Å²) in [6.07, 6.45) is 0. The molecule has 0 atom stereocenters. The fraction of sp³-hybridized carbons (Fsp3) is 0.389. The number of urea groups is 1. The van der Waals surface area contributed by atoms with E-state index in [2.05, 4.69) is 31.2 Å². The van der Waals surface area contributed by atoms with Gasteiger partial charge in [0.2, 0.25) is 5.95 Å². The molecule has 4 N–H and O–H groups in total. The summed E-state index contributed by atoms with van der Waals surface area (Å²) in [5, 5.41) is 11.8. The molecule has 0 bridgehead atoms. The highest BCUT2D eigenvalue weighted by Crippen LogP contribution is 2.23. The average molecular weight is 358 g/mol. The number of aryl methyl sites for hydroxylation is 1. The van der Waals surface area contributed by atoms with Gasteiger partial charge in [0.1, 0.15) is 11.6 Å². The second-order valence-electron chi connectivity index (χ2n) is 5.49. The second kappa shape index (κ2) is 10.1. The lowest BCUT2D eigenvalue weighted by Crippen LogP contribution is -2.33. The summed E-state index contributed by atoms with van der Waals surface area (Å²) < 4.78 is 5.49. The van der Waals surface area contributed by atoms with Crippen molar-refractivity contribution >= 4 is 23.5 Å². The molecule has 1 heterocycles. The summed E-state index contributed by atoms with van der Waals surface area (Å²) in [5.74, 6) is 1.96. The van der Waals surface area contributed by atoms with E-state index >= 15 is 0 Å². The van der Waals surface area contributed by atoms with Crippen molar-refractivity contribution in [2.75, 3.05) is 42.2 Å². The van der Waals surface area contributed by atoms with Crippen LogP contribution in [0.3, 0.4) is 0 Å². The van der Waals surface area contributed by atoms with Crippen LogP contribution in [0.4, 0.5) is 22.2 Å². The number of nitrogens with zero attached hydrogens (tertiary/aromatic N) is 2. The molecule has 2 aromatic rings. The van der Waals surface area contributed by atoms with Crippen molar-refractivity contribution in [2.45, 2.75) is 20.8 Å². The standard InChI is InChI=1S/C18H26N6O2/c1-4-19-16-12-13(3)22-17(24-16)20-10-11-21-18(25)23-14-8-6-7-9-15(14)26-5-2/h6-9,12H,4-5,10-11H2,1-3H3,(H2,21,23,25)(H2,19,20,22,24). The van der Waals surface area contributed by atoms with Gasteiger partial charge >= 0.3 is 6.03 Å². The van der Waals surface area contributed by atoms with Gasteiger partial charge in [-0.3, -0.25) is 0 Å². The zero-order valence-electron chi connectivity index (χ0n) is 15.4. The zero-order valence-corrected chi connectivity index (χ0v) is 15.4. The van der Waals surface area contributed by atoms with Crippen molar-refractivity contribution in [1.29, 1.82) is 0 Å². The van der Waals surface area contributed by atoms with E-state index in [0.717, 1.165) is 18.1 Å². The summed E-state index contributed by atoms with van der Waals surface area (Å²) in [5.41, 5.74) is 1.51. The third-order valence-corrected chi connectivity index (χ3v) is 3.34. The number of hydrogen-bond donors (Lipinski definition) is 4. The van der Waals surface area contributed by atoms with Gasteiger partial charge in [-0.1, -0.05) is 12.1 Å². The predicted molar refractivity (Wildman–Crippen MR) is 104 cm³/mol. The molecule has 0 spiro atoms. The summed E-state index contributed by atoms with van der Waals surface area (Å²) in [4.78, 5) is 20.7. The highest BCUT2D eigenvalue weighted by Gasteiger charge is 2.07. The number of para-hydroxylation sites is 2. The third-order valence-electron chi connectivity index (χ3n) is 3.34. The number of anilines is 3. The molecular formula is C18H26N6O2. The first kappa shape index (κ1) is 19.3. The molecule has 2 rings (SSSR count). The Balaban J connectivity index is 1.79. The Morgan fingerprint density at radius 3 is 2.69 bits per heavy atom. The van der Waals surface area contributed by atoms with Gasteiger partial charge < -0.3 is 26.0 Å². The Labute approximate surface area is 153 Å². The molecule has 26 heavy (non-hydrogen) atoms. The molecule has 140 valence electrons. The van der Waals surface area contributed by atoms with E-state index in [9.17, 15) is 4.79 Å². The lowest BCUT2D eigenvalue weighted by molar-refractivity contribution is 0.252. The van der Waals surface area contributed by atoms with Gasteiger partial charge in [0, 0.05) is 31.4 Å². The Morgan fingerprint density at radius 2 is 1.92 bits per heavy atom. The Hall–Kier alpha value is -3.03. The van der Waals surface area contributed by atoms with Gasteiger partial charge in [0.05, 0.1) is 12.3 Å². The molecule has 2 amide bonds. The van der Waals surface area contributed by atoms with E-state index in [-0.39, 0.29) is 6.03 Å². The molecule has 0 fully saturated rings. The largest absolute Gasteiger partial charge is 0.492 e. The van der Waals surface area contributed by atoms with Crippen molar-refractivity contribution in [3.63, 3.8) is 0 Å². The van der Waals surface area contributed by atoms with Crippen LogP contribution >= 0.6 is 0 Å². The van der Waals surface area contributed by atoms with Gasteiger partial charge in [-0.15, -0.1) is 0 Å². The van der Waals surface area contributed by atoms with Crippen LogP contribution in [0.25, 0.3) is 0 Å². The molecule has 8 heteroatoms. The van der Waals surface area contributed by atoms with E-state index in [1.165, 1.54) is 0 Å². The van der Waals surface area contributed by atoms with Crippen LogP contribution in [-0.2, 0) is 0 Å². The maximum Gasteiger partial charge on any atom is 0.319 e. The van der Waals surface area contributed by atoms with Crippen LogP contribution in [0.15, 0.2) is 30.3 Å². The lowest BCUT2D eigenvalue weighted by Gasteiger charge is -2.12. The Morgan fingerprint density at radius 1 is 1.12 bits per heavy atom. The average Bonchev–Trinajstić information content (AvgIpc) is 2.60. The minimum atomic E-state index is -0.294. The molecule has 1 aromatic heterocycles. The number of nitrogens with one attached hydrogen (secondary N) is 4. The van der Waals surface area contributed by atoms with Crippen LogP contribution in [0.2, 0.25) is 0 Å². The second-order valence-corrected chi connectivity index (χ2v) is 5.49. The Bertz CT molecular complexity index is 723. The van der Waals surface area contributed by atoms with E-state index in [0.29, 0.717) is 37.1 Å². The van der Waals surface area contributed by atoms with Crippen LogP contribution < -0.4 is 26.0 Å². The molecule has 0 aliphatic carbocycles. The van der Waals surface area contributed by atoms with Crippen molar-refractivity contribution in [1.82, 2.24) is 15.3 Å². The number of carbonyl (C=O) groups is 1. The number of ether oxygens (including phenoxy) is 1. The van der Waals surface area contributed by atoms with Crippen LogP contribution in [0.5, 0.6) is 5.75 Å². The van der Waals surface area contributed by atoms with Crippen LogP contribution in [0.1, 0.15) is 19.5 Å². The molecule has 0 aliphatic heterocycles. The van der Waals surface area contributed by atoms with Gasteiger partial charge in [0.15, 0.2) is 0 Å². The third kappa shape index (κ3) is 6.12. The zero-order chi connectivity index (χ0) is 18.8. The Kier molecular flexibility index (Phi) is 7.48. The number of amides is 2. The lowest BCUT2D eigenvalue weighted by atomic mass is 10.3. The smallest absolute Gasteiger partial charge is 0.319 e. The summed E-state index contributed by atoms with van der Waals surface area (Å²) in [7, 11) is 0. The summed E-state index contributed by atoms with van der Waals surface area (Å²) in [6.45, 7) is 8.09. The molecule has 0 unspecified atom stereocenters. The van der Waals surface area contributed by atoms with Crippen LogP contribution in [-0.4, -0.2) is 42.2 Å². The number of benzene rings is 1. The van der Waals surface area contributed by atoms with Gasteiger partial charge in [0.25, 0.3) is 0 Å². The maximum atomic E-state index is 12.0. The summed E-state index contributed by atoms with van der Waals surface area (Å²) in [6, 6.07) is 8.91. The number of aromatic nitrogens is 2. The molecule has 0 saturated carbocycles. The van der Waals surface area contributed by atoms with E-state index in [1.54, 1.807) is 6.07 Å². The molecule has 0 radical (unpaired) electrons. The first-order valence-electron chi connectivity index (χ1n) is 8.72. The van der Waals surface area contributed by atoms with Crippen molar-refractivity contribution in [3.05, 3.63) is 36.0 Å². The van der Waals surface area contributed by atoms with Gasteiger partial charge in [-0.25, -0.2) is 9.78 Å². The van der Waals surface area contributed by atoms with Crippen molar-refractivity contribution in [3.8, 4) is 5.75 Å². The molecular weight excluding hydrogens is 332 g/mol. The van der Waals surface area contributed by atoms with Gasteiger partial charge in [-0.2, -0.15) is 4.98 Å². The highest BCUT2D eigenvalue weighted by molar-refractivity contribution is 5.90. The summed E-state index contributed by atoms with van der Waals surface area (Å²) >= 11 is 0. The van der Waals surface area contributed by atoms with E-state index < -0.39 is 0 Å². The van der Waals surface area contributed by atoms with Crippen molar-refractivity contribution in [2.24, 2.45) is 0 Å². The SMILES string of the molecule is CCNc1cc(C)nc(NCCNC(=O)Nc2ccccc2OCC)n1. The van der Waals surface area contributed by atoms with Gasteiger partial charge in [-0.05, 0) is 32.9 Å². The normalized spacial score (nSPS) is 10.1. The fourth-order valence-electron chi connectivity index (χ4n) is 2.29. The number of hydrogen-bond acceptors (Lipinski definition) is 6. The number of carbonyl (C=O) groups excluding carboxylic acids is 1. The first-order valence-corrected chi connectivity index (χ1v) is 8.72. The minimum absolute atomic E-state index is 0.294.